The lowest BCUT2D eigenvalue weighted by Crippen LogP contribution is -2.53. The molecule has 0 unspecified atom stereocenters. The Labute approximate surface area is 197 Å². The fraction of sp³-hybridized carbons (Fsp3) is 0.350. The second-order valence-electron chi connectivity index (χ2n) is 7.23. The molecule has 166 valence electrons. The maximum absolute atomic E-state index is 12.7. The highest BCUT2D eigenvalue weighted by Crippen LogP contribution is 2.31. The van der Waals surface area contributed by atoms with Gasteiger partial charge in [0.15, 0.2) is 5.06 Å². The third-order valence-electron chi connectivity index (χ3n) is 4.44. The first kappa shape index (κ1) is 23.5. The van der Waals surface area contributed by atoms with E-state index >= 15 is 0 Å². The van der Waals surface area contributed by atoms with Crippen molar-refractivity contribution in [3.63, 3.8) is 0 Å². The molecular formula is C20H21BrClN3O5S. The van der Waals surface area contributed by atoms with E-state index in [9.17, 15) is 14.4 Å². The molecule has 0 spiro atoms. The highest BCUT2D eigenvalue weighted by Gasteiger charge is 2.31. The number of hydrogen-bond acceptors (Lipinski definition) is 6. The first-order chi connectivity index (χ1) is 14.7. The summed E-state index contributed by atoms with van der Waals surface area (Å²) >= 11 is 10.9. The van der Waals surface area contributed by atoms with E-state index in [1.165, 1.54) is 11.3 Å². The maximum atomic E-state index is 12.7. The molecule has 8 nitrogen and oxygen atoms in total. The van der Waals surface area contributed by atoms with Gasteiger partial charge in [-0.15, -0.1) is 0 Å². The number of anilines is 2. The van der Waals surface area contributed by atoms with E-state index < -0.39 is 17.5 Å². The fourth-order valence-electron chi connectivity index (χ4n) is 2.80. The lowest BCUT2D eigenvalue weighted by Gasteiger charge is -2.25. The highest BCUT2D eigenvalue weighted by molar-refractivity contribution is 9.11. The number of carbonyl (C=O) groups excluding carboxylic acids is 3. The van der Waals surface area contributed by atoms with Gasteiger partial charge in [0.25, 0.3) is 0 Å². The smallest absolute Gasteiger partial charge is 0.399 e. The quantitative estimate of drug-likeness (QED) is 0.596. The second kappa shape index (κ2) is 9.99. The lowest BCUT2D eigenvalue weighted by atomic mass is 10.0. The predicted molar refractivity (Wildman–Crippen MR) is 123 cm³/mol. The number of nitrogens with zero attached hydrogens (tertiary/aromatic N) is 1. The Morgan fingerprint density at radius 1 is 1.26 bits per heavy atom. The van der Waals surface area contributed by atoms with Crippen LogP contribution in [0, 0.1) is 0 Å². The molecule has 2 heterocycles. The molecule has 1 aliphatic rings. The zero-order valence-corrected chi connectivity index (χ0v) is 20.0. The van der Waals surface area contributed by atoms with Crippen LogP contribution in [0.5, 0.6) is 5.06 Å². The molecule has 3 rings (SSSR count). The molecule has 0 aliphatic carbocycles. The molecule has 3 amide bonds. The van der Waals surface area contributed by atoms with Gasteiger partial charge >= 0.3 is 6.09 Å². The average Bonchev–Trinajstić information content (AvgIpc) is 2.96. The Morgan fingerprint density at radius 2 is 2.03 bits per heavy atom. The number of hydrogen-bond donors (Lipinski definition) is 2. The molecule has 0 atom stereocenters. The third kappa shape index (κ3) is 6.19. The molecule has 1 aromatic carbocycles. The minimum Gasteiger partial charge on any atom is -0.399 e. The van der Waals surface area contributed by atoms with Crippen LogP contribution in [0.2, 0.25) is 5.02 Å². The van der Waals surface area contributed by atoms with Crippen molar-refractivity contribution in [2.24, 2.45) is 0 Å². The first-order valence-corrected chi connectivity index (χ1v) is 11.4. The molecule has 1 fully saturated rings. The van der Waals surface area contributed by atoms with E-state index in [4.69, 9.17) is 21.1 Å². The van der Waals surface area contributed by atoms with E-state index in [1.807, 2.05) is 0 Å². The number of rotatable bonds is 5. The Kier molecular flexibility index (Phi) is 7.58. The first-order valence-electron chi connectivity index (χ1n) is 9.40. The van der Waals surface area contributed by atoms with E-state index in [-0.39, 0.29) is 12.3 Å². The number of nitrogens with one attached hydrogen (secondary N) is 2. The zero-order valence-electron chi connectivity index (χ0n) is 16.9. The summed E-state index contributed by atoms with van der Waals surface area (Å²) in [4.78, 5) is 38.7. The van der Waals surface area contributed by atoms with Gasteiger partial charge in [-0.05, 0) is 60.1 Å². The molecule has 2 N–H and O–H groups in total. The van der Waals surface area contributed by atoms with Gasteiger partial charge < -0.3 is 25.0 Å². The van der Waals surface area contributed by atoms with Crippen LogP contribution in [0.4, 0.5) is 16.2 Å². The van der Waals surface area contributed by atoms with Crippen LogP contribution in [0.3, 0.4) is 0 Å². The zero-order chi connectivity index (χ0) is 22.6. The number of halogens is 2. The van der Waals surface area contributed by atoms with Crippen molar-refractivity contribution >= 4 is 68.2 Å². The van der Waals surface area contributed by atoms with Crippen molar-refractivity contribution in [1.82, 2.24) is 5.32 Å². The monoisotopic (exact) mass is 529 g/mol. The van der Waals surface area contributed by atoms with Gasteiger partial charge in [0.2, 0.25) is 11.8 Å². The summed E-state index contributed by atoms with van der Waals surface area (Å²) in [5.74, 6) is -0.530. The van der Waals surface area contributed by atoms with Crippen molar-refractivity contribution in [3.05, 3.63) is 39.1 Å². The van der Waals surface area contributed by atoms with Crippen molar-refractivity contribution in [3.8, 4) is 5.06 Å². The fourth-order valence-corrected chi connectivity index (χ4v) is 4.28. The highest BCUT2D eigenvalue weighted by atomic mass is 79.9. The van der Waals surface area contributed by atoms with E-state index in [0.717, 1.165) is 3.79 Å². The molecule has 0 saturated carbocycles. The van der Waals surface area contributed by atoms with Gasteiger partial charge in [0, 0.05) is 12.2 Å². The summed E-state index contributed by atoms with van der Waals surface area (Å²) in [6, 6.07) is 8.28. The van der Waals surface area contributed by atoms with Gasteiger partial charge in [-0.1, -0.05) is 22.9 Å². The van der Waals surface area contributed by atoms with E-state index in [0.29, 0.717) is 41.2 Å². The summed E-state index contributed by atoms with van der Waals surface area (Å²) in [5.41, 5.74) is -0.268. The molecule has 0 bridgehead atoms. The summed E-state index contributed by atoms with van der Waals surface area (Å²) in [7, 11) is 0. The van der Waals surface area contributed by atoms with Crippen LogP contribution in [0.25, 0.3) is 0 Å². The van der Waals surface area contributed by atoms with Gasteiger partial charge in [-0.2, -0.15) is 0 Å². The summed E-state index contributed by atoms with van der Waals surface area (Å²) in [6.07, 6.45) is -0.461. The lowest BCUT2D eigenvalue weighted by molar-refractivity contribution is -0.121. The van der Waals surface area contributed by atoms with Gasteiger partial charge in [-0.25, -0.2) is 4.79 Å². The average molecular weight is 531 g/mol. The second-order valence-corrected chi connectivity index (χ2v) is 10.1. The van der Waals surface area contributed by atoms with Crippen LogP contribution in [-0.2, 0) is 14.3 Å². The minimum absolute atomic E-state index is 0.0715. The number of carbonyl (C=O) groups is 3. The van der Waals surface area contributed by atoms with Crippen molar-refractivity contribution < 1.29 is 23.9 Å². The van der Waals surface area contributed by atoms with Crippen LogP contribution in [0.1, 0.15) is 20.3 Å². The molecular weight excluding hydrogens is 510 g/mol. The summed E-state index contributed by atoms with van der Waals surface area (Å²) < 4.78 is 11.3. The van der Waals surface area contributed by atoms with Crippen molar-refractivity contribution in [1.29, 1.82) is 0 Å². The Morgan fingerprint density at radius 3 is 2.71 bits per heavy atom. The minimum atomic E-state index is -1.26. The SMILES string of the molecule is CC(C)(NC(=O)Oc1ccc(Br)s1)C(=O)Nc1ccc(N2CCOCCC2=O)c(Cl)c1. The Balaban J connectivity index is 1.64. The molecule has 1 saturated heterocycles. The molecule has 11 heteroatoms. The standard InChI is InChI=1S/C20H21BrClN3O5S/c1-20(2,24-19(28)30-17-6-5-15(21)31-17)18(27)23-12-3-4-14(13(22)11-12)25-8-10-29-9-7-16(25)26/h3-6,11H,7-10H2,1-2H3,(H,23,27)(H,24,28). The Bertz CT molecular complexity index is 997. The van der Waals surface area contributed by atoms with Crippen LogP contribution in [0.15, 0.2) is 34.1 Å². The van der Waals surface area contributed by atoms with Crippen molar-refractivity contribution in [2.45, 2.75) is 25.8 Å². The molecule has 2 aromatic rings. The summed E-state index contributed by atoms with van der Waals surface area (Å²) in [6.45, 7) is 4.33. The number of thiophene rings is 1. The number of amides is 3. The largest absolute Gasteiger partial charge is 0.414 e. The van der Waals surface area contributed by atoms with E-state index in [2.05, 4.69) is 26.6 Å². The van der Waals surface area contributed by atoms with Crippen LogP contribution >= 0.6 is 38.9 Å². The number of ether oxygens (including phenoxy) is 2. The maximum Gasteiger partial charge on any atom is 0.414 e. The van der Waals surface area contributed by atoms with E-state index in [1.54, 1.807) is 49.1 Å². The number of benzene rings is 1. The van der Waals surface area contributed by atoms with Crippen LogP contribution in [-0.4, -0.2) is 43.2 Å². The topological polar surface area (TPSA) is 97.0 Å². The van der Waals surface area contributed by atoms with Gasteiger partial charge in [0.1, 0.15) is 5.54 Å². The van der Waals surface area contributed by atoms with Gasteiger partial charge in [0.05, 0.1) is 34.1 Å². The predicted octanol–water partition coefficient (Wildman–Crippen LogP) is 4.42. The Hall–Kier alpha value is -2.14. The molecule has 1 aliphatic heterocycles. The van der Waals surface area contributed by atoms with Crippen molar-refractivity contribution in [2.75, 3.05) is 30.0 Å². The van der Waals surface area contributed by atoms with Gasteiger partial charge in [-0.3, -0.25) is 9.59 Å². The molecule has 31 heavy (non-hydrogen) atoms. The third-order valence-corrected chi connectivity index (χ3v) is 6.25. The molecule has 1 aromatic heterocycles. The summed E-state index contributed by atoms with van der Waals surface area (Å²) in [5, 5.41) is 5.99. The normalized spacial score (nSPS) is 14.7. The van der Waals surface area contributed by atoms with Crippen LogP contribution < -0.4 is 20.3 Å². The molecule has 0 radical (unpaired) electrons.